The van der Waals surface area contributed by atoms with Gasteiger partial charge in [0, 0.05) is 0 Å². The quantitative estimate of drug-likeness (QED) is 0.455. The number of methoxy groups -OCH3 is 1. The number of hydrogen-bond donors (Lipinski definition) is 1. The highest BCUT2D eigenvalue weighted by Gasteiger charge is 2.32. The number of benzene rings is 2. The van der Waals surface area contributed by atoms with Crippen LogP contribution >= 0.6 is 0 Å². The van der Waals surface area contributed by atoms with Gasteiger partial charge in [0.15, 0.2) is 6.61 Å². The number of nitrogens with one attached hydrogen (secondary N) is 1. The number of nitrogens with zero attached hydrogens (tertiary/aromatic N) is 1. The van der Waals surface area contributed by atoms with Gasteiger partial charge in [-0.2, -0.15) is 0 Å². The fourth-order valence-corrected chi connectivity index (χ4v) is 2.37. The van der Waals surface area contributed by atoms with Gasteiger partial charge in [-0.25, -0.2) is 0 Å². The van der Waals surface area contributed by atoms with Crippen LogP contribution in [-0.2, 0) is 19.7 Å². The summed E-state index contributed by atoms with van der Waals surface area (Å²) in [6.07, 6.45) is 0. The van der Waals surface area contributed by atoms with Crippen LogP contribution in [0.3, 0.4) is 0 Å². The first-order chi connectivity index (χ1) is 12.8. The zero-order valence-corrected chi connectivity index (χ0v) is 15.2. The molecule has 8 nitrogen and oxygen atoms in total. The Labute approximate surface area is 156 Å². The first kappa shape index (κ1) is 19.9. The number of anilines is 1. The molecule has 0 aliphatic rings. The molecule has 2 aromatic carbocycles. The summed E-state index contributed by atoms with van der Waals surface area (Å²) in [6, 6.07) is 13.1. The van der Waals surface area contributed by atoms with Crippen molar-refractivity contribution in [3.8, 4) is 5.75 Å². The number of ether oxygens (including phenoxy) is 2. The molecule has 0 radical (unpaired) electrons. The van der Waals surface area contributed by atoms with Gasteiger partial charge in [0.1, 0.15) is 11.4 Å². The number of amides is 1. The Morgan fingerprint density at radius 2 is 1.81 bits per heavy atom. The second-order valence-corrected chi connectivity index (χ2v) is 6.26. The number of carbonyl (C=O) groups is 2. The molecule has 0 aromatic heterocycles. The largest absolute Gasteiger partial charge is 0.496 e. The molecule has 2 aromatic rings. The number of nitro groups is 1. The van der Waals surface area contributed by atoms with Crippen molar-refractivity contribution in [2.75, 3.05) is 19.0 Å². The predicted molar refractivity (Wildman–Crippen MR) is 98.7 cm³/mol. The number of hydrogen-bond acceptors (Lipinski definition) is 6. The Hall–Kier alpha value is -3.42. The SMILES string of the molecule is COc1ccc(NC(=O)COC(=O)C(C)(C)c2ccccc2)c([N+](=O)[O-])c1. The minimum atomic E-state index is -0.937. The van der Waals surface area contributed by atoms with E-state index in [0.29, 0.717) is 0 Å². The first-order valence-corrected chi connectivity index (χ1v) is 8.10. The number of rotatable bonds is 7. The van der Waals surface area contributed by atoms with E-state index in [2.05, 4.69) is 5.32 Å². The molecule has 0 saturated carbocycles. The average Bonchev–Trinajstić information content (AvgIpc) is 2.66. The fraction of sp³-hybridized carbons (Fsp3) is 0.263. The Bertz CT molecular complexity index is 849. The van der Waals surface area contributed by atoms with E-state index in [-0.39, 0.29) is 17.1 Å². The van der Waals surface area contributed by atoms with Crippen molar-refractivity contribution in [1.29, 1.82) is 0 Å². The lowest BCUT2D eigenvalue weighted by molar-refractivity contribution is -0.384. The highest BCUT2D eigenvalue weighted by molar-refractivity contribution is 5.95. The first-order valence-electron chi connectivity index (χ1n) is 8.10. The molecule has 1 N–H and O–H groups in total. The monoisotopic (exact) mass is 372 g/mol. The van der Waals surface area contributed by atoms with Crippen molar-refractivity contribution in [3.63, 3.8) is 0 Å². The van der Waals surface area contributed by atoms with Gasteiger partial charge in [0.25, 0.3) is 11.6 Å². The normalized spacial score (nSPS) is 10.8. The summed E-state index contributed by atoms with van der Waals surface area (Å²) in [4.78, 5) is 34.9. The summed E-state index contributed by atoms with van der Waals surface area (Å²) in [5.41, 5.74) is -0.516. The van der Waals surface area contributed by atoms with Crippen LogP contribution in [0.1, 0.15) is 19.4 Å². The van der Waals surface area contributed by atoms with E-state index in [4.69, 9.17) is 9.47 Å². The van der Waals surface area contributed by atoms with Gasteiger partial charge in [-0.05, 0) is 31.5 Å². The van der Waals surface area contributed by atoms with Crippen LogP contribution in [0.25, 0.3) is 0 Å². The smallest absolute Gasteiger partial charge is 0.316 e. The highest BCUT2D eigenvalue weighted by atomic mass is 16.6. The van der Waals surface area contributed by atoms with Crippen molar-refractivity contribution in [2.24, 2.45) is 0 Å². The third-order valence-corrected chi connectivity index (χ3v) is 4.02. The zero-order chi connectivity index (χ0) is 20.0. The third-order valence-electron chi connectivity index (χ3n) is 4.02. The van der Waals surface area contributed by atoms with Gasteiger partial charge in [-0.15, -0.1) is 0 Å². The maximum atomic E-state index is 12.4. The summed E-state index contributed by atoms with van der Waals surface area (Å²) in [5, 5.41) is 13.5. The van der Waals surface area contributed by atoms with E-state index in [1.165, 1.54) is 25.3 Å². The number of esters is 1. The lowest BCUT2D eigenvalue weighted by Crippen LogP contribution is -2.33. The molecule has 142 valence electrons. The van der Waals surface area contributed by atoms with Crippen LogP contribution in [0.5, 0.6) is 5.75 Å². The van der Waals surface area contributed by atoms with E-state index in [1.54, 1.807) is 38.1 Å². The van der Waals surface area contributed by atoms with Gasteiger partial charge in [-0.1, -0.05) is 30.3 Å². The molecule has 8 heteroatoms. The van der Waals surface area contributed by atoms with E-state index in [1.807, 2.05) is 6.07 Å². The standard InChI is InChI=1S/C19H20N2O6/c1-19(2,13-7-5-4-6-8-13)18(23)27-12-17(22)20-15-10-9-14(26-3)11-16(15)21(24)25/h4-11H,12H2,1-3H3,(H,20,22). The molecule has 27 heavy (non-hydrogen) atoms. The number of nitro benzene ring substituents is 1. The van der Waals surface area contributed by atoms with Gasteiger partial charge in [-0.3, -0.25) is 19.7 Å². The molecule has 0 heterocycles. The molecule has 0 aliphatic heterocycles. The molecule has 1 amide bonds. The van der Waals surface area contributed by atoms with Crippen molar-refractivity contribution in [1.82, 2.24) is 0 Å². The summed E-state index contributed by atoms with van der Waals surface area (Å²) < 4.78 is 10.0. The second kappa shape index (κ2) is 8.31. The van der Waals surface area contributed by atoms with Crippen LogP contribution in [-0.4, -0.2) is 30.5 Å². The lowest BCUT2D eigenvalue weighted by Gasteiger charge is -2.22. The lowest BCUT2D eigenvalue weighted by atomic mass is 9.85. The summed E-state index contributed by atoms with van der Waals surface area (Å²) >= 11 is 0. The molecule has 2 rings (SSSR count). The van der Waals surface area contributed by atoms with Crippen molar-refractivity contribution in [3.05, 3.63) is 64.2 Å². The Balaban J connectivity index is 2.02. The minimum absolute atomic E-state index is 0.0100. The second-order valence-electron chi connectivity index (χ2n) is 6.26. The number of carbonyl (C=O) groups excluding carboxylic acids is 2. The van der Waals surface area contributed by atoms with Crippen LogP contribution in [0, 0.1) is 10.1 Å². The Morgan fingerprint density at radius 3 is 2.41 bits per heavy atom. The molecule has 0 spiro atoms. The molecule has 0 aliphatic carbocycles. The summed E-state index contributed by atoms with van der Waals surface area (Å²) in [7, 11) is 1.38. The minimum Gasteiger partial charge on any atom is -0.496 e. The van der Waals surface area contributed by atoms with Crippen LogP contribution in [0.2, 0.25) is 0 Å². The van der Waals surface area contributed by atoms with E-state index in [0.717, 1.165) is 5.56 Å². The molecule has 0 fully saturated rings. The van der Waals surface area contributed by atoms with Crippen molar-refractivity contribution < 1.29 is 24.0 Å². The van der Waals surface area contributed by atoms with E-state index < -0.39 is 28.8 Å². The van der Waals surface area contributed by atoms with Crippen LogP contribution in [0.4, 0.5) is 11.4 Å². The molecule has 0 atom stereocenters. The molecule has 0 bridgehead atoms. The van der Waals surface area contributed by atoms with Crippen LogP contribution < -0.4 is 10.1 Å². The Kier molecular flexibility index (Phi) is 6.12. The van der Waals surface area contributed by atoms with Gasteiger partial charge in [0.05, 0.1) is 23.5 Å². The Morgan fingerprint density at radius 1 is 1.15 bits per heavy atom. The summed E-state index contributed by atoms with van der Waals surface area (Å²) in [6.45, 7) is 2.83. The zero-order valence-electron chi connectivity index (χ0n) is 15.2. The van der Waals surface area contributed by atoms with Crippen LogP contribution in [0.15, 0.2) is 48.5 Å². The molecule has 0 unspecified atom stereocenters. The van der Waals surface area contributed by atoms with Crippen molar-refractivity contribution >= 4 is 23.3 Å². The third kappa shape index (κ3) is 4.81. The summed E-state index contributed by atoms with van der Waals surface area (Å²) in [5.74, 6) is -0.968. The van der Waals surface area contributed by atoms with E-state index in [9.17, 15) is 19.7 Å². The van der Waals surface area contributed by atoms with Crippen molar-refractivity contribution in [2.45, 2.75) is 19.3 Å². The predicted octanol–water partition coefficient (Wildman–Crippen LogP) is 3.06. The maximum Gasteiger partial charge on any atom is 0.316 e. The molecular formula is C19H20N2O6. The topological polar surface area (TPSA) is 108 Å². The molecular weight excluding hydrogens is 352 g/mol. The van der Waals surface area contributed by atoms with E-state index >= 15 is 0 Å². The maximum absolute atomic E-state index is 12.4. The fourth-order valence-electron chi connectivity index (χ4n) is 2.37. The molecule has 0 saturated heterocycles. The van der Waals surface area contributed by atoms with Gasteiger partial charge >= 0.3 is 5.97 Å². The van der Waals surface area contributed by atoms with Gasteiger partial charge in [0.2, 0.25) is 0 Å². The average molecular weight is 372 g/mol. The highest BCUT2D eigenvalue weighted by Crippen LogP contribution is 2.29. The van der Waals surface area contributed by atoms with Gasteiger partial charge < -0.3 is 14.8 Å².